The van der Waals surface area contributed by atoms with Crippen molar-refractivity contribution in [2.75, 3.05) is 0 Å². The van der Waals surface area contributed by atoms with Gasteiger partial charge in [-0.2, -0.15) is 5.10 Å². The first-order chi connectivity index (χ1) is 13.3. The van der Waals surface area contributed by atoms with Crippen molar-refractivity contribution in [1.29, 1.82) is 0 Å². The van der Waals surface area contributed by atoms with Crippen molar-refractivity contribution in [3.8, 4) is 11.4 Å². The predicted octanol–water partition coefficient (Wildman–Crippen LogP) is 2.95. The van der Waals surface area contributed by atoms with Gasteiger partial charge in [0.25, 0.3) is 11.5 Å². The SMILES string of the molecule is C/C(=N/NC(=O)c1ccc(O)cc1)c1c(C)[nH]n(-c2ccc(C)c(C)c2)c1=O. The van der Waals surface area contributed by atoms with Crippen LogP contribution in [0.2, 0.25) is 0 Å². The molecule has 1 heterocycles. The summed E-state index contributed by atoms with van der Waals surface area (Å²) in [4.78, 5) is 25.1. The molecule has 28 heavy (non-hydrogen) atoms. The molecule has 0 aliphatic rings. The van der Waals surface area contributed by atoms with E-state index in [1.54, 1.807) is 13.8 Å². The van der Waals surface area contributed by atoms with Gasteiger partial charge in [0.15, 0.2) is 0 Å². The maximum Gasteiger partial charge on any atom is 0.280 e. The summed E-state index contributed by atoms with van der Waals surface area (Å²) in [5.74, 6) is -0.354. The van der Waals surface area contributed by atoms with Gasteiger partial charge >= 0.3 is 0 Å². The molecule has 0 saturated heterocycles. The standard InChI is InChI=1S/C21H22N4O3/c1-12-5-8-17(11-13(12)2)25-21(28)19(15(4)24-25)14(3)22-23-20(27)16-6-9-18(26)10-7-16/h5-11,24,26H,1-4H3,(H,23,27)/b22-14-. The fourth-order valence-corrected chi connectivity index (χ4v) is 2.89. The summed E-state index contributed by atoms with van der Waals surface area (Å²) in [6, 6.07) is 11.6. The fraction of sp³-hybridized carbons (Fsp3) is 0.190. The number of H-pyrrole nitrogens is 1. The minimum Gasteiger partial charge on any atom is -0.508 e. The number of amides is 1. The van der Waals surface area contributed by atoms with Crippen molar-refractivity contribution in [2.24, 2.45) is 5.10 Å². The lowest BCUT2D eigenvalue weighted by Gasteiger charge is -2.05. The number of nitrogens with zero attached hydrogens (tertiary/aromatic N) is 2. The molecule has 0 spiro atoms. The molecule has 3 aromatic rings. The highest BCUT2D eigenvalue weighted by atomic mass is 16.3. The third-order valence-corrected chi connectivity index (χ3v) is 4.64. The molecule has 0 atom stereocenters. The first kappa shape index (κ1) is 19.2. The van der Waals surface area contributed by atoms with Crippen LogP contribution >= 0.6 is 0 Å². The lowest BCUT2D eigenvalue weighted by molar-refractivity contribution is 0.0955. The number of hydrogen-bond acceptors (Lipinski definition) is 4. The Labute approximate surface area is 162 Å². The Balaban J connectivity index is 1.88. The second-order valence-corrected chi connectivity index (χ2v) is 6.71. The number of hydrogen-bond donors (Lipinski definition) is 3. The van der Waals surface area contributed by atoms with E-state index in [1.165, 1.54) is 28.9 Å². The number of carbonyl (C=O) groups excluding carboxylic acids is 1. The monoisotopic (exact) mass is 378 g/mol. The molecule has 0 unspecified atom stereocenters. The van der Waals surface area contributed by atoms with Gasteiger partial charge in [-0.3, -0.25) is 14.7 Å². The predicted molar refractivity (Wildman–Crippen MR) is 108 cm³/mol. The molecule has 7 heteroatoms. The van der Waals surface area contributed by atoms with E-state index in [-0.39, 0.29) is 11.3 Å². The van der Waals surface area contributed by atoms with Crippen molar-refractivity contribution in [3.05, 3.63) is 80.8 Å². The van der Waals surface area contributed by atoms with Gasteiger partial charge < -0.3 is 5.11 Å². The minimum atomic E-state index is -0.429. The smallest absolute Gasteiger partial charge is 0.280 e. The van der Waals surface area contributed by atoms with Crippen molar-refractivity contribution in [3.63, 3.8) is 0 Å². The molecule has 2 aromatic carbocycles. The number of benzene rings is 2. The normalized spacial score (nSPS) is 11.5. The Morgan fingerprint density at radius 3 is 2.39 bits per heavy atom. The van der Waals surface area contributed by atoms with Gasteiger partial charge in [-0.05, 0) is 75.2 Å². The molecule has 0 aliphatic heterocycles. The Morgan fingerprint density at radius 1 is 1.07 bits per heavy atom. The van der Waals surface area contributed by atoms with E-state index in [0.717, 1.165) is 16.8 Å². The molecular formula is C21H22N4O3. The summed E-state index contributed by atoms with van der Waals surface area (Å²) >= 11 is 0. The molecule has 1 aromatic heterocycles. The molecule has 0 radical (unpaired) electrons. The Morgan fingerprint density at radius 2 is 1.75 bits per heavy atom. The average Bonchev–Trinajstić information content (AvgIpc) is 2.96. The summed E-state index contributed by atoms with van der Waals surface area (Å²) < 4.78 is 1.47. The number of aromatic hydroxyl groups is 1. The number of carbonyl (C=O) groups is 1. The van der Waals surface area contributed by atoms with Crippen LogP contribution in [0.5, 0.6) is 5.75 Å². The Hall–Kier alpha value is -3.61. The van der Waals surface area contributed by atoms with Crippen molar-refractivity contribution >= 4 is 11.6 Å². The van der Waals surface area contributed by atoms with Crippen LogP contribution in [-0.4, -0.2) is 26.5 Å². The summed E-state index contributed by atoms with van der Waals surface area (Å²) in [6.07, 6.45) is 0. The highest BCUT2D eigenvalue weighted by Crippen LogP contribution is 2.14. The topological polar surface area (TPSA) is 99.5 Å². The van der Waals surface area contributed by atoms with Gasteiger partial charge in [-0.15, -0.1) is 0 Å². The zero-order chi connectivity index (χ0) is 20.4. The highest BCUT2D eigenvalue weighted by Gasteiger charge is 2.16. The minimum absolute atomic E-state index is 0.0751. The number of nitrogens with one attached hydrogen (secondary N) is 2. The third-order valence-electron chi connectivity index (χ3n) is 4.64. The van der Waals surface area contributed by atoms with Crippen LogP contribution in [0.4, 0.5) is 0 Å². The van der Waals surface area contributed by atoms with E-state index in [4.69, 9.17) is 0 Å². The van der Waals surface area contributed by atoms with Crippen LogP contribution < -0.4 is 11.0 Å². The first-order valence-corrected chi connectivity index (χ1v) is 8.81. The van der Waals surface area contributed by atoms with Gasteiger partial charge in [0.2, 0.25) is 0 Å². The van der Waals surface area contributed by atoms with E-state index in [2.05, 4.69) is 15.6 Å². The Bertz CT molecular complexity index is 1120. The number of aryl methyl sites for hydroxylation is 3. The second kappa shape index (κ2) is 7.56. The lowest BCUT2D eigenvalue weighted by Crippen LogP contribution is -2.23. The van der Waals surface area contributed by atoms with E-state index in [1.807, 2.05) is 32.0 Å². The summed E-state index contributed by atoms with van der Waals surface area (Å²) in [5, 5.41) is 16.4. The highest BCUT2D eigenvalue weighted by molar-refractivity contribution is 6.01. The van der Waals surface area contributed by atoms with Gasteiger partial charge in [-0.1, -0.05) is 6.07 Å². The van der Waals surface area contributed by atoms with Gasteiger partial charge in [0.05, 0.1) is 17.0 Å². The lowest BCUT2D eigenvalue weighted by atomic mass is 10.1. The third kappa shape index (κ3) is 3.73. The number of phenols is 1. The number of rotatable bonds is 4. The molecule has 0 fully saturated rings. The molecule has 144 valence electrons. The molecule has 0 saturated carbocycles. The molecule has 3 N–H and O–H groups in total. The largest absolute Gasteiger partial charge is 0.508 e. The molecular weight excluding hydrogens is 356 g/mol. The van der Waals surface area contributed by atoms with E-state index < -0.39 is 5.91 Å². The summed E-state index contributed by atoms with van der Waals surface area (Å²) in [5.41, 5.74) is 7.00. The molecule has 7 nitrogen and oxygen atoms in total. The maximum absolute atomic E-state index is 12.9. The number of hydrazone groups is 1. The zero-order valence-electron chi connectivity index (χ0n) is 16.2. The molecule has 3 rings (SSSR count). The van der Waals surface area contributed by atoms with Crippen LogP contribution in [-0.2, 0) is 0 Å². The van der Waals surface area contributed by atoms with Gasteiger partial charge in [-0.25, -0.2) is 10.1 Å². The maximum atomic E-state index is 12.9. The van der Waals surface area contributed by atoms with E-state index >= 15 is 0 Å². The molecule has 1 amide bonds. The van der Waals surface area contributed by atoms with Crippen LogP contribution in [0, 0.1) is 20.8 Å². The quantitative estimate of drug-likeness (QED) is 0.481. The van der Waals surface area contributed by atoms with Gasteiger partial charge in [0, 0.05) is 11.3 Å². The zero-order valence-corrected chi connectivity index (χ0v) is 16.2. The summed E-state index contributed by atoms with van der Waals surface area (Å²) in [7, 11) is 0. The molecule has 0 aliphatic carbocycles. The number of aromatic amines is 1. The van der Waals surface area contributed by atoms with Crippen molar-refractivity contribution < 1.29 is 9.90 Å². The fourth-order valence-electron chi connectivity index (χ4n) is 2.89. The number of aromatic nitrogens is 2. The number of phenolic OH excluding ortho intramolecular Hbond substituents is 1. The van der Waals surface area contributed by atoms with Gasteiger partial charge in [0.1, 0.15) is 5.75 Å². The van der Waals surface area contributed by atoms with Crippen LogP contribution in [0.3, 0.4) is 0 Å². The van der Waals surface area contributed by atoms with Crippen molar-refractivity contribution in [1.82, 2.24) is 15.2 Å². The Kier molecular flexibility index (Phi) is 5.17. The molecule has 0 bridgehead atoms. The van der Waals surface area contributed by atoms with Crippen molar-refractivity contribution in [2.45, 2.75) is 27.7 Å². The average molecular weight is 378 g/mol. The van der Waals surface area contributed by atoms with E-state index in [9.17, 15) is 14.7 Å². The first-order valence-electron chi connectivity index (χ1n) is 8.81. The van der Waals surface area contributed by atoms with Crippen LogP contribution in [0.25, 0.3) is 5.69 Å². The summed E-state index contributed by atoms with van der Waals surface area (Å²) in [6.45, 7) is 7.46. The van der Waals surface area contributed by atoms with Crippen LogP contribution in [0.15, 0.2) is 52.4 Å². The second-order valence-electron chi connectivity index (χ2n) is 6.71. The van der Waals surface area contributed by atoms with Crippen LogP contribution in [0.1, 0.15) is 39.7 Å². The van der Waals surface area contributed by atoms with E-state index in [0.29, 0.717) is 22.5 Å².